The van der Waals surface area contributed by atoms with Gasteiger partial charge in [0.2, 0.25) is 5.91 Å². The lowest BCUT2D eigenvalue weighted by atomic mass is 9.78. The number of carbonyl (C=O) groups is 2. The van der Waals surface area contributed by atoms with Gasteiger partial charge in [-0.1, -0.05) is 6.07 Å². The summed E-state index contributed by atoms with van der Waals surface area (Å²) in [4.78, 5) is 34.3. The molecule has 4 aliphatic rings. The van der Waals surface area contributed by atoms with Crippen LogP contribution in [0, 0.1) is 30.1 Å². The Bertz CT molecular complexity index is 868. The van der Waals surface area contributed by atoms with E-state index in [2.05, 4.69) is 11.1 Å². The first kappa shape index (κ1) is 20.7. The Labute approximate surface area is 184 Å². The van der Waals surface area contributed by atoms with Gasteiger partial charge in [-0.25, -0.2) is 4.79 Å². The zero-order valence-corrected chi connectivity index (χ0v) is 18.5. The van der Waals surface area contributed by atoms with Crippen molar-refractivity contribution in [3.8, 4) is 0 Å². The molecular weight excluding hydrogens is 392 g/mol. The largest absolute Gasteiger partial charge is 0.381 e. The maximum absolute atomic E-state index is 14.0. The number of nitrogens with two attached hydrogens (primary N) is 1. The van der Waals surface area contributed by atoms with Crippen LogP contribution in [0.4, 0.5) is 4.79 Å². The number of aryl methyl sites for hydroxylation is 1. The van der Waals surface area contributed by atoms with Gasteiger partial charge in [-0.3, -0.25) is 9.78 Å². The van der Waals surface area contributed by atoms with Crippen LogP contribution < -0.4 is 5.73 Å². The highest BCUT2D eigenvalue weighted by molar-refractivity contribution is 5.86. The number of rotatable bonds is 3. The second-order valence-corrected chi connectivity index (χ2v) is 10.3. The highest BCUT2D eigenvalue weighted by Gasteiger charge is 2.59. The average Bonchev–Trinajstić information content (AvgIpc) is 3.28. The predicted molar refractivity (Wildman–Crippen MR) is 116 cm³/mol. The summed E-state index contributed by atoms with van der Waals surface area (Å²) < 4.78 is 5.53. The van der Waals surface area contributed by atoms with E-state index in [1.54, 1.807) is 4.90 Å². The highest BCUT2D eigenvalue weighted by Crippen LogP contribution is 2.54. The molecule has 3 fully saturated rings. The van der Waals surface area contributed by atoms with Gasteiger partial charge in [0.05, 0.1) is 5.41 Å². The third-order valence-electron chi connectivity index (χ3n) is 8.17. The first-order valence-corrected chi connectivity index (χ1v) is 11.8. The van der Waals surface area contributed by atoms with E-state index in [1.807, 2.05) is 18.0 Å². The zero-order valence-electron chi connectivity index (χ0n) is 18.5. The van der Waals surface area contributed by atoms with Crippen LogP contribution in [0.5, 0.6) is 0 Å². The van der Waals surface area contributed by atoms with Crippen LogP contribution >= 0.6 is 0 Å². The van der Waals surface area contributed by atoms with Crippen LogP contribution in [-0.4, -0.2) is 59.6 Å². The lowest BCUT2D eigenvalue weighted by molar-refractivity contribution is -0.144. The molecule has 2 N–H and O–H groups in total. The van der Waals surface area contributed by atoms with Crippen LogP contribution in [-0.2, 0) is 22.5 Å². The van der Waals surface area contributed by atoms with Crippen molar-refractivity contribution in [3.63, 3.8) is 0 Å². The molecule has 1 aromatic heterocycles. The van der Waals surface area contributed by atoms with Crippen molar-refractivity contribution in [2.75, 3.05) is 32.8 Å². The van der Waals surface area contributed by atoms with Gasteiger partial charge in [-0.2, -0.15) is 0 Å². The Hall–Kier alpha value is -2.15. The highest BCUT2D eigenvalue weighted by atomic mass is 16.5. The number of hydrogen-bond acceptors (Lipinski definition) is 4. The Kier molecular flexibility index (Phi) is 5.40. The van der Waals surface area contributed by atoms with Gasteiger partial charge < -0.3 is 20.3 Å². The molecule has 31 heavy (non-hydrogen) atoms. The van der Waals surface area contributed by atoms with Gasteiger partial charge in [0, 0.05) is 57.7 Å². The van der Waals surface area contributed by atoms with Crippen molar-refractivity contribution in [3.05, 3.63) is 29.1 Å². The lowest BCUT2D eigenvalue weighted by Crippen LogP contribution is -2.49. The molecule has 5 rings (SSSR count). The molecule has 1 aromatic rings. The van der Waals surface area contributed by atoms with Crippen LogP contribution in [0.3, 0.4) is 0 Å². The number of carbonyl (C=O) groups excluding carboxylic acids is 2. The minimum absolute atomic E-state index is 0.217. The summed E-state index contributed by atoms with van der Waals surface area (Å²) in [6, 6.07) is 1.76. The SMILES string of the molecule is Cc1cnc2c(c1)CN(C(=O)[C@]13C[C@H](CC4CCOCC4)C[C@H]1CN(C(N)=O)C3)CC2. The van der Waals surface area contributed by atoms with E-state index in [1.165, 1.54) is 6.42 Å². The lowest BCUT2D eigenvalue weighted by Gasteiger charge is -2.37. The molecule has 0 radical (unpaired) electrons. The van der Waals surface area contributed by atoms with Crippen molar-refractivity contribution in [1.29, 1.82) is 0 Å². The Morgan fingerprint density at radius 2 is 2.06 bits per heavy atom. The number of hydrogen-bond donors (Lipinski definition) is 1. The summed E-state index contributed by atoms with van der Waals surface area (Å²) in [5, 5.41) is 0. The molecular formula is C24H34N4O3. The van der Waals surface area contributed by atoms with Crippen LogP contribution in [0.25, 0.3) is 0 Å². The molecule has 0 unspecified atom stereocenters. The topological polar surface area (TPSA) is 88.8 Å². The second kappa shape index (κ2) is 8.08. The Morgan fingerprint density at radius 3 is 2.84 bits per heavy atom. The van der Waals surface area contributed by atoms with E-state index < -0.39 is 11.4 Å². The van der Waals surface area contributed by atoms with E-state index >= 15 is 0 Å². The molecule has 3 atom stereocenters. The van der Waals surface area contributed by atoms with E-state index in [9.17, 15) is 9.59 Å². The van der Waals surface area contributed by atoms with Crippen molar-refractivity contribution < 1.29 is 14.3 Å². The molecule has 0 aromatic carbocycles. The molecule has 7 nitrogen and oxygen atoms in total. The van der Waals surface area contributed by atoms with Gasteiger partial charge in [-0.15, -0.1) is 0 Å². The van der Waals surface area contributed by atoms with Gasteiger partial charge in [-0.05, 0) is 67.9 Å². The number of primary amides is 1. The number of aromatic nitrogens is 1. The van der Waals surface area contributed by atoms with Gasteiger partial charge >= 0.3 is 6.03 Å². The predicted octanol–water partition coefficient (Wildman–Crippen LogP) is 2.50. The number of amides is 3. The molecule has 1 saturated carbocycles. The summed E-state index contributed by atoms with van der Waals surface area (Å²) in [6.07, 6.45) is 8.05. The van der Waals surface area contributed by atoms with Crippen LogP contribution in [0.2, 0.25) is 0 Å². The van der Waals surface area contributed by atoms with Crippen LogP contribution in [0.1, 0.15) is 48.9 Å². The molecule has 1 aliphatic carbocycles. The minimum Gasteiger partial charge on any atom is -0.381 e. The fraction of sp³-hybridized carbons (Fsp3) is 0.708. The first-order chi connectivity index (χ1) is 14.9. The molecule has 3 aliphatic heterocycles. The molecule has 3 amide bonds. The van der Waals surface area contributed by atoms with E-state index in [0.717, 1.165) is 62.1 Å². The van der Waals surface area contributed by atoms with Crippen molar-refractivity contribution in [2.45, 2.75) is 52.0 Å². The van der Waals surface area contributed by atoms with Crippen molar-refractivity contribution in [2.24, 2.45) is 28.9 Å². The maximum atomic E-state index is 14.0. The van der Waals surface area contributed by atoms with E-state index in [0.29, 0.717) is 38.0 Å². The normalized spacial score (nSPS) is 30.9. The Morgan fingerprint density at radius 1 is 1.26 bits per heavy atom. The fourth-order valence-corrected chi connectivity index (χ4v) is 6.67. The Balaban J connectivity index is 1.35. The van der Waals surface area contributed by atoms with Gasteiger partial charge in [0.15, 0.2) is 0 Å². The van der Waals surface area contributed by atoms with Crippen LogP contribution in [0.15, 0.2) is 12.3 Å². The molecule has 7 heteroatoms. The summed E-state index contributed by atoms with van der Waals surface area (Å²) in [5.41, 5.74) is 8.57. The monoisotopic (exact) mass is 426 g/mol. The number of urea groups is 1. The number of ether oxygens (including phenoxy) is 1. The zero-order chi connectivity index (χ0) is 21.6. The molecule has 168 valence electrons. The summed E-state index contributed by atoms with van der Waals surface area (Å²) >= 11 is 0. The van der Waals surface area contributed by atoms with Gasteiger partial charge in [0.25, 0.3) is 0 Å². The number of likely N-dealkylation sites (tertiary alicyclic amines) is 1. The summed E-state index contributed by atoms with van der Waals surface area (Å²) in [6.45, 7) is 6.20. The molecule has 0 spiro atoms. The third kappa shape index (κ3) is 3.81. The first-order valence-electron chi connectivity index (χ1n) is 11.8. The van der Waals surface area contributed by atoms with Crippen molar-refractivity contribution in [1.82, 2.24) is 14.8 Å². The second-order valence-electron chi connectivity index (χ2n) is 10.3. The minimum atomic E-state index is -0.473. The summed E-state index contributed by atoms with van der Waals surface area (Å²) in [7, 11) is 0. The van der Waals surface area contributed by atoms with E-state index in [4.69, 9.17) is 10.5 Å². The fourth-order valence-electron chi connectivity index (χ4n) is 6.67. The number of fused-ring (bicyclic) bond motifs is 2. The molecule has 0 bridgehead atoms. The third-order valence-corrected chi connectivity index (χ3v) is 8.17. The standard InChI is InChI=1S/C24H34N4O3/c1-16-8-19-13-27(5-2-21(19)26-12-16)22(29)24-11-18(9-17-3-6-31-7-4-17)10-20(24)14-28(15-24)23(25)30/h8,12,17-18,20H,2-7,9-11,13-15H2,1H3,(H2,25,30)/t18-,20+,24+/m1/s1. The quantitative estimate of drug-likeness (QED) is 0.804. The summed E-state index contributed by atoms with van der Waals surface area (Å²) in [5.74, 6) is 1.69. The van der Waals surface area contributed by atoms with E-state index in [-0.39, 0.29) is 11.8 Å². The molecule has 2 saturated heterocycles. The average molecular weight is 427 g/mol. The number of pyridine rings is 1. The smallest absolute Gasteiger partial charge is 0.314 e. The maximum Gasteiger partial charge on any atom is 0.314 e. The van der Waals surface area contributed by atoms with Crippen molar-refractivity contribution >= 4 is 11.9 Å². The van der Waals surface area contributed by atoms with Gasteiger partial charge in [0.1, 0.15) is 0 Å². The number of nitrogens with zero attached hydrogens (tertiary/aromatic N) is 3. The molecule has 4 heterocycles.